The summed E-state index contributed by atoms with van der Waals surface area (Å²) in [6.07, 6.45) is 3.17. The second-order valence-corrected chi connectivity index (χ2v) is 9.80. The Hall–Kier alpha value is -2.94. The number of primary amides is 1. The van der Waals surface area contributed by atoms with Crippen molar-refractivity contribution in [1.29, 1.82) is 0 Å². The van der Waals surface area contributed by atoms with Crippen LogP contribution in [0.3, 0.4) is 0 Å². The minimum absolute atomic E-state index is 0.000491. The van der Waals surface area contributed by atoms with E-state index in [4.69, 9.17) is 10.7 Å². The number of hydrogen-bond donors (Lipinski definition) is 1. The third kappa shape index (κ3) is 5.61. The summed E-state index contributed by atoms with van der Waals surface area (Å²) in [6, 6.07) is 18.1. The lowest BCUT2D eigenvalue weighted by Gasteiger charge is -2.24. The molecule has 161 valence electrons. The number of pyridine rings is 1. The normalized spacial score (nSPS) is 11.7. The van der Waals surface area contributed by atoms with Gasteiger partial charge in [-0.25, -0.2) is 0 Å². The van der Waals surface area contributed by atoms with Gasteiger partial charge in [0.25, 0.3) is 0 Å². The molecule has 1 amide bonds. The van der Waals surface area contributed by atoms with Gasteiger partial charge in [-0.15, -0.1) is 0 Å². The Bertz CT molecular complexity index is 1070. The zero-order valence-corrected chi connectivity index (χ0v) is 19.5. The van der Waals surface area contributed by atoms with Crippen LogP contribution < -0.4 is 5.73 Å². The average molecular weight is 414 g/mol. The highest BCUT2D eigenvalue weighted by atomic mass is 16.1. The predicted molar refractivity (Wildman–Crippen MR) is 130 cm³/mol. The van der Waals surface area contributed by atoms with Crippen molar-refractivity contribution in [3.63, 3.8) is 0 Å². The van der Waals surface area contributed by atoms with Crippen molar-refractivity contribution in [1.82, 2.24) is 4.98 Å². The van der Waals surface area contributed by atoms with Gasteiger partial charge >= 0.3 is 0 Å². The molecule has 3 rings (SSSR count). The summed E-state index contributed by atoms with van der Waals surface area (Å²) in [5, 5.41) is 0. The molecule has 1 heterocycles. The molecule has 2 N–H and O–H groups in total. The largest absolute Gasteiger partial charge is 0.366 e. The lowest BCUT2D eigenvalue weighted by molar-refractivity contribution is 0.100. The lowest BCUT2D eigenvalue weighted by Crippen LogP contribution is -2.15. The second kappa shape index (κ2) is 9.05. The smallest absolute Gasteiger partial charge is 0.249 e. The van der Waals surface area contributed by atoms with Crippen LogP contribution in [0.4, 0.5) is 0 Å². The molecule has 0 aliphatic carbocycles. The first kappa shape index (κ1) is 22.7. The zero-order chi connectivity index (χ0) is 22.8. The van der Waals surface area contributed by atoms with Crippen molar-refractivity contribution < 1.29 is 4.79 Å². The molecule has 0 spiro atoms. The Kier molecular flexibility index (Phi) is 6.64. The number of nitrogens with zero attached hydrogens (tertiary/aromatic N) is 1. The molecular weight excluding hydrogens is 380 g/mol. The molecule has 0 aliphatic rings. The quantitative estimate of drug-likeness (QED) is 0.494. The highest BCUT2D eigenvalue weighted by molar-refractivity contribution is 5.99. The van der Waals surface area contributed by atoms with E-state index in [-0.39, 0.29) is 5.41 Å². The van der Waals surface area contributed by atoms with Crippen LogP contribution in [0.15, 0.2) is 54.6 Å². The van der Waals surface area contributed by atoms with E-state index >= 15 is 0 Å². The van der Waals surface area contributed by atoms with Gasteiger partial charge in [-0.05, 0) is 59.9 Å². The molecular formula is C28H33N2O. The van der Waals surface area contributed by atoms with Gasteiger partial charge in [0.1, 0.15) is 0 Å². The molecule has 2 aromatic carbocycles. The first-order valence-electron chi connectivity index (χ1n) is 10.9. The summed E-state index contributed by atoms with van der Waals surface area (Å²) in [5.41, 5.74) is 13.5. The summed E-state index contributed by atoms with van der Waals surface area (Å²) in [7, 11) is 0. The third-order valence-corrected chi connectivity index (χ3v) is 5.15. The average Bonchev–Trinajstić information content (AvgIpc) is 2.68. The van der Waals surface area contributed by atoms with Gasteiger partial charge in [0.15, 0.2) is 0 Å². The number of rotatable bonds is 6. The molecule has 0 bridgehead atoms. The molecule has 1 radical (unpaired) electrons. The zero-order valence-electron chi connectivity index (χ0n) is 19.5. The van der Waals surface area contributed by atoms with Crippen LogP contribution in [0.1, 0.15) is 61.8 Å². The van der Waals surface area contributed by atoms with E-state index in [0.717, 1.165) is 34.5 Å². The predicted octanol–water partition coefficient (Wildman–Crippen LogP) is 6.62. The second-order valence-electron chi connectivity index (χ2n) is 9.80. The molecule has 0 aliphatic heterocycles. The summed E-state index contributed by atoms with van der Waals surface area (Å²) >= 11 is 0. The number of aromatic nitrogens is 1. The van der Waals surface area contributed by atoms with Gasteiger partial charge in [0, 0.05) is 16.8 Å². The van der Waals surface area contributed by atoms with Crippen molar-refractivity contribution in [2.45, 2.75) is 48.0 Å². The molecule has 3 heteroatoms. The van der Waals surface area contributed by atoms with Crippen LogP contribution in [0.2, 0.25) is 0 Å². The molecule has 0 atom stereocenters. The molecule has 3 nitrogen and oxygen atoms in total. The van der Waals surface area contributed by atoms with Crippen LogP contribution in [-0.2, 0) is 6.42 Å². The fourth-order valence-corrected chi connectivity index (χ4v) is 3.78. The Labute approximate surface area is 186 Å². The first-order valence-corrected chi connectivity index (χ1v) is 10.9. The van der Waals surface area contributed by atoms with Crippen LogP contribution in [0.25, 0.3) is 22.4 Å². The molecule has 1 aromatic heterocycles. The molecule has 0 saturated carbocycles. The van der Waals surface area contributed by atoms with E-state index in [1.165, 1.54) is 11.1 Å². The maximum atomic E-state index is 12.1. The molecule has 0 unspecified atom stereocenters. The number of benzene rings is 2. The number of nitrogens with two attached hydrogens (primary N) is 1. The summed E-state index contributed by atoms with van der Waals surface area (Å²) < 4.78 is 0. The summed E-state index contributed by atoms with van der Waals surface area (Å²) in [4.78, 5) is 17.2. The summed E-state index contributed by atoms with van der Waals surface area (Å²) in [5.74, 6) is 0.0112. The lowest BCUT2D eigenvalue weighted by atomic mass is 9.82. The highest BCUT2D eigenvalue weighted by Gasteiger charge is 2.22. The van der Waals surface area contributed by atoms with Crippen molar-refractivity contribution in [2.75, 3.05) is 0 Å². The van der Waals surface area contributed by atoms with E-state index < -0.39 is 5.91 Å². The maximum absolute atomic E-state index is 12.1. The van der Waals surface area contributed by atoms with Gasteiger partial charge in [0.05, 0.1) is 5.69 Å². The van der Waals surface area contributed by atoms with Crippen LogP contribution in [0.5, 0.6) is 0 Å². The number of aryl methyl sites for hydroxylation is 1. The standard InChI is InChI=1S/C28H33N2O/c1-18(2)15-25-24(17-28(4,5)6)23(20-13-11-19(3)12-14-20)16-26(30-25)21-9-7-8-10-22(21)27(29)31/h7-14,16-18H,15H2,1-6H3,(H2,29,31). The minimum Gasteiger partial charge on any atom is -0.366 e. The van der Waals surface area contributed by atoms with Crippen LogP contribution >= 0.6 is 0 Å². The molecule has 3 aromatic rings. The van der Waals surface area contributed by atoms with E-state index in [1.807, 2.05) is 18.2 Å². The first-order chi connectivity index (χ1) is 14.5. The SMILES string of the molecule is Cc1ccc(-c2cc(-c3ccccc3C(N)=O)nc(CC(C)C)c2[CH]C(C)(C)C)cc1. The van der Waals surface area contributed by atoms with Gasteiger partial charge in [0.2, 0.25) is 5.91 Å². The van der Waals surface area contributed by atoms with E-state index in [2.05, 4.69) is 78.3 Å². The third-order valence-electron chi connectivity index (χ3n) is 5.15. The van der Waals surface area contributed by atoms with E-state index in [0.29, 0.717) is 11.5 Å². The van der Waals surface area contributed by atoms with Crippen LogP contribution in [-0.4, -0.2) is 10.9 Å². The number of carbonyl (C=O) groups excluding carboxylic acids is 1. The van der Waals surface area contributed by atoms with Crippen molar-refractivity contribution >= 4 is 5.91 Å². The molecule has 0 fully saturated rings. The molecule has 31 heavy (non-hydrogen) atoms. The highest BCUT2D eigenvalue weighted by Crippen LogP contribution is 2.37. The maximum Gasteiger partial charge on any atom is 0.249 e. The van der Waals surface area contributed by atoms with E-state index in [1.54, 1.807) is 6.07 Å². The Morgan fingerprint density at radius 1 is 1.03 bits per heavy atom. The van der Waals surface area contributed by atoms with Gasteiger partial charge in [-0.1, -0.05) is 82.6 Å². The van der Waals surface area contributed by atoms with Crippen LogP contribution in [0, 0.1) is 24.7 Å². The van der Waals surface area contributed by atoms with Crippen molar-refractivity contribution in [2.24, 2.45) is 17.1 Å². The van der Waals surface area contributed by atoms with Gasteiger partial charge in [-0.3, -0.25) is 9.78 Å². The van der Waals surface area contributed by atoms with Crippen molar-refractivity contribution in [3.8, 4) is 22.4 Å². The molecule has 0 saturated heterocycles. The Morgan fingerprint density at radius 2 is 1.68 bits per heavy atom. The topological polar surface area (TPSA) is 56.0 Å². The fraction of sp³-hybridized carbons (Fsp3) is 0.321. The van der Waals surface area contributed by atoms with Gasteiger partial charge < -0.3 is 5.73 Å². The number of amides is 1. The number of hydrogen-bond acceptors (Lipinski definition) is 2. The Balaban J connectivity index is 2.33. The fourth-order valence-electron chi connectivity index (χ4n) is 3.78. The summed E-state index contributed by atoms with van der Waals surface area (Å²) in [6.45, 7) is 13.1. The monoisotopic (exact) mass is 413 g/mol. The number of carbonyl (C=O) groups is 1. The Morgan fingerprint density at radius 3 is 2.26 bits per heavy atom. The van der Waals surface area contributed by atoms with E-state index in [9.17, 15) is 4.79 Å². The minimum atomic E-state index is -0.440. The van der Waals surface area contributed by atoms with Crippen molar-refractivity contribution in [3.05, 3.63) is 83.4 Å². The van der Waals surface area contributed by atoms with Gasteiger partial charge in [-0.2, -0.15) is 0 Å².